The number of carbonyl (C=O) groups excluding carboxylic acids is 1. The molecule has 4 rings (SSSR count). The molecule has 0 bridgehead atoms. The van der Waals surface area contributed by atoms with Gasteiger partial charge in [-0.2, -0.15) is 0 Å². The van der Waals surface area contributed by atoms with Gasteiger partial charge in [-0.25, -0.2) is 4.79 Å². The highest BCUT2D eigenvalue weighted by atomic mass is 16.7. The number of ether oxygens (including phenoxy) is 4. The third-order valence-corrected chi connectivity index (χ3v) is 5.57. The summed E-state index contributed by atoms with van der Waals surface area (Å²) in [4.78, 5) is 12.6. The number of hydrogen-bond donors (Lipinski definition) is 2. The summed E-state index contributed by atoms with van der Waals surface area (Å²) in [5.41, 5.74) is 2.17. The van der Waals surface area contributed by atoms with Crippen LogP contribution in [-0.4, -0.2) is 53.5 Å². The Bertz CT molecular complexity index is 1010. The van der Waals surface area contributed by atoms with Crippen molar-refractivity contribution in [3.63, 3.8) is 0 Å². The zero-order valence-electron chi connectivity index (χ0n) is 18.6. The van der Waals surface area contributed by atoms with E-state index in [1.807, 2.05) is 60.7 Å². The van der Waals surface area contributed by atoms with Crippen LogP contribution in [-0.2, 0) is 32.2 Å². The highest BCUT2D eigenvalue weighted by molar-refractivity contribution is 5.89. The van der Waals surface area contributed by atoms with Crippen molar-refractivity contribution in [3.05, 3.63) is 108 Å². The quantitative estimate of drug-likeness (QED) is 0.470. The van der Waals surface area contributed by atoms with Gasteiger partial charge < -0.3 is 29.2 Å². The molecule has 0 aliphatic carbocycles. The summed E-state index contributed by atoms with van der Waals surface area (Å²) < 4.78 is 22.8. The maximum Gasteiger partial charge on any atom is 0.338 e. The molecule has 1 aliphatic rings. The van der Waals surface area contributed by atoms with Crippen molar-refractivity contribution in [1.82, 2.24) is 0 Å². The van der Waals surface area contributed by atoms with Crippen LogP contribution in [0.4, 0.5) is 0 Å². The Morgan fingerprint density at radius 2 is 1.32 bits per heavy atom. The first-order chi connectivity index (χ1) is 16.6. The third kappa shape index (κ3) is 6.28. The second kappa shape index (κ2) is 11.9. The Morgan fingerprint density at radius 1 is 0.765 bits per heavy atom. The summed E-state index contributed by atoms with van der Waals surface area (Å²) in [7, 11) is 0. The maximum absolute atomic E-state index is 12.6. The van der Waals surface area contributed by atoms with Gasteiger partial charge in [0.2, 0.25) is 0 Å². The normalized spacial score (nSPS) is 24.5. The van der Waals surface area contributed by atoms with E-state index in [1.54, 1.807) is 30.3 Å². The van der Waals surface area contributed by atoms with Crippen molar-refractivity contribution in [1.29, 1.82) is 0 Å². The summed E-state index contributed by atoms with van der Waals surface area (Å²) in [6.45, 7) is 0.509. The third-order valence-electron chi connectivity index (χ3n) is 5.57. The van der Waals surface area contributed by atoms with E-state index in [-0.39, 0.29) is 13.2 Å². The van der Waals surface area contributed by atoms with Crippen molar-refractivity contribution < 1.29 is 34.0 Å². The molecule has 1 saturated heterocycles. The predicted octanol–water partition coefficient (Wildman–Crippen LogP) is 3.09. The van der Waals surface area contributed by atoms with Gasteiger partial charge in [0.05, 0.1) is 25.4 Å². The molecule has 3 aromatic rings. The van der Waals surface area contributed by atoms with Gasteiger partial charge in [-0.15, -0.1) is 0 Å². The topological polar surface area (TPSA) is 94.5 Å². The first-order valence-electron chi connectivity index (χ1n) is 11.2. The number of benzene rings is 3. The molecule has 7 heteroatoms. The number of carbonyl (C=O) groups is 1. The highest BCUT2D eigenvalue weighted by Crippen LogP contribution is 2.27. The number of rotatable bonds is 9. The average Bonchev–Trinajstić information content (AvgIpc) is 2.88. The molecule has 1 heterocycles. The number of aliphatic hydroxyl groups excluding tert-OH is 2. The van der Waals surface area contributed by atoms with Crippen LogP contribution in [0.15, 0.2) is 91.0 Å². The zero-order valence-corrected chi connectivity index (χ0v) is 18.6. The molecule has 0 amide bonds. The van der Waals surface area contributed by atoms with Crippen LogP contribution in [0, 0.1) is 0 Å². The van der Waals surface area contributed by atoms with Crippen LogP contribution < -0.4 is 0 Å². The molecule has 1 fully saturated rings. The Labute approximate surface area is 198 Å². The Morgan fingerprint density at radius 3 is 1.94 bits per heavy atom. The van der Waals surface area contributed by atoms with Crippen LogP contribution in [0.1, 0.15) is 21.5 Å². The fourth-order valence-corrected chi connectivity index (χ4v) is 3.76. The molecule has 1 aliphatic heterocycles. The first-order valence-corrected chi connectivity index (χ1v) is 11.2. The van der Waals surface area contributed by atoms with Gasteiger partial charge in [0, 0.05) is 0 Å². The molecule has 178 valence electrons. The molecule has 2 N–H and O–H groups in total. The minimum Gasteiger partial charge on any atom is -0.450 e. The molecule has 0 saturated carbocycles. The van der Waals surface area contributed by atoms with Gasteiger partial charge in [0.1, 0.15) is 18.3 Å². The number of hydrogen-bond acceptors (Lipinski definition) is 7. The van der Waals surface area contributed by atoms with E-state index in [2.05, 4.69) is 0 Å². The highest BCUT2D eigenvalue weighted by Gasteiger charge is 2.48. The van der Waals surface area contributed by atoms with E-state index in [0.717, 1.165) is 11.1 Å². The number of aliphatic hydroxyl groups is 2. The van der Waals surface area contributed by atoms with Crippen molar-refractivity contribution in [3.8, 4) is 0 Å². The lowest BCUT2D eigenvalue weighted by Crippen LogP contribution is -2.60. The largest absolute Gasteiger partial charge is 0.450 e. The summed E-state index contributed by atoms with van der Waals surface area (Å²) in [5.74, 6) is -0.646. The van der Waals surface area contributed by atoms with Crippen LogP contribution in [0.2, 0.25) is 0 Å². The van der Waals surface area contributed by atoms with Crippen molar-refractivity contribution in [2.75, 3.05) is 6.61 Å². The van der Waals surface area contributed by atoms with Gasteiger partial charge >= 0.3 is 5.97 Å². The zero-order chi connectivity index (χ0) is 23.8. The molecule has 0 radical (unpaired) electrons. The maximum atomic E-state index is 12.6. The molecule has 0 spiro atoms. The first kappa shape index (κ1) is 24.1. The molecule has 34 heavy (non-hydrogen) atoms. The van der Waals surface area contributed by atoms with Gasteiger partial charge in [-0.05, 0) is 23.3 Å². The molecule has 0 aromatic heterocycles. The lowest BCUT2D eigenvalue weighted by molar-refractivity contribution is -0.297. The van der Waals surface area contributed by atoms with E-state index >= 15 is 0 Å². The minimum absolute atomic E-state index is 0.0255. The minimum atomic E-state index is -1.50. The molecule has 3 aromatic carbocycles. The van der Waals surface area contributed by atoms with Crippen molar-refractivity contribution in [2.24, 2.45) is 0 Å². The van der Waals surface area contributed by atoms with Crippen LogP contribution in [0.5, 0.6) is 0 Å². The summed E-state index contributed by atoms with van der Waals surface area (Å²) in [5, 5.41) is 21.7. The monoisotopic (exact) mass is 464 g/mol. The van der Waals surface area contributed by atoms with E-state index in [1.165, 1.54) is 0 Å². The lowest BCUT2D eigenvalue weighted by atomic mass is 9.98. The van der Waals surface area contributed by atoms with Gasteiger partial charge in [0.25, 0.3) is 0 Å². The fourth-order valence-electron chi connectivity index (χ4n) is 3.76. The van der Waals surface area contributed by atoms with Crippen LogP contribution in [0.25, 0.3) is 0 Å². The molecule has 7 nitrogen and oxygen atoms in total. The number of esters is 1. The van der Waals surface area contributed by atoms with Crippen LogP contribution >= 0.6 is 0 Å². The lowest BCUT2D eigenvalue weighted by Gasteiger charge is -2.42. The van der Waals surface area contributed by atoms with E-state index in [4.69, 9.17) is 18.9 Å². The summed E-state index contributed by atoms with van der Waals surface area (Å²) in [6.07, 6.45) is -5.82. The van der Waals surface area contributed by atoms with Crippen molar-refractivity contribution in [2.45, 2.75) is 43.9 Å². The predicted molar refractivity (Wildman–Crippen MR) is 124 cm³/mol. The molecular formula is C27H28O7. The fraction of sp³-hybridized carbons (Fsp3) is 0.296. The summed E-state index contributed by atoms with van der Waals surface area (Å²) >= 11 is 0. The molecule has 5 unspecified atom stereocenters. The van der Waals surface area contributed by atoms with Gasteiger partial charge in [0.15, 0.2) is 12.4 Å². The standard InChI is InChI=1S/C27H28O7/c28-23-22(18-31-16-19-10-4-1-5-11-19)33-27(30)25(34-26(29)21-14-8-3-9-15-21)24(23)32-17-20-12-6-2-7-13-20/h1-15,22-25,27-28,30H,16-18H2. The van der Waals surface area contributed by atoms with E-state index in [0.29, 0.717) is 12.2 Å². The van der Waals surface area contributed by atoms with Crippen LogP contribution in [0.3, 0.4) is 0 Å². The Kier molecular flexibility index (Phi) is 8.41. The molecular weight excluding hydrogens is 436 g/mol. The Hall–Kier alpha value is -3.07. The van der Waals surface area contributed by atoms with Crippen molar-refractivity contribution >= 4 is 5.97 Å². The van der Waals surface area contributed by atoms with Gasteiger partial charge in [-0.3, -0.25) is 0 Å². The molecule has 5 atom stereocenters. The average molecular weight is 465 g/mol. The smallest absolute Gasteiger partial charge is 0.338 e. The Balaban J connectivity index is 1.45. The SMILES string of the molecule is O=C(OC1C(O)OC(COCc2ccccc2)C(O)C1OCc1ccccc1)c1ccccc1. The van der Waals surface area contributed by atoms with Gasteiger partial charge in [-0.1, -0.05) is 78.9 Å². The second-order valence-corrected chi connectivity index (χ2v) is 8.05. The van der Waals surface area contributed by atoms with E-state index in [9.17, 15) is 15.0 Å². The second-order valence-electron chi connectivity index (χ2n) is 8.05. The van der Waals surface area contributed by atoms with E-state index < -0.39 is 36.7 Å². The summed E-state index contributed by atoms with van der Waals surface area (Å²) in [6, 6.07) is 27.4.